The lowest BCUT2D eigenvalue weighted by molar-refractivity contribution is 1.17. The summed E-state index contributed by atoms with van der Waals surface area (Å²) in [6.45, 7) is 0. The Morgan fingerprint density at radius 1 is 0.107 bits per heavy atom. The fourth-order valence-corrected chi connectivity index (χ4v) is 23.1. The summed E-state index contributed by atoms with van der Waals surface area (Å²) >= 11 is 0. The number of hydrogen-bond donors (Lipinski definition) is 0. The molecule has 12 heteroatoms. The highest BCUT2D eigenvalue weighted by molar-refractivity contribution is 6.27. The molecule has 0 spiro atoms. The van der Waals surface area contributed by atoms with Gasteiger partial charge < -0.3 is 27.4 Å². The number of pyridine rings is 6. The van der Waals surface area contributed by atoms with E-state index in [0.717, 1.165) is 209 Å². The maximum absolute atomic E-state index is 5.31. The quantitative estimate of drug-likeness (QED) is 0.114. The third kappa shape index (κ3) is 14.4. The Morgan fingerprint density at radius 3 is 0.500 bits per heavy atom. The third-order valence-electron chi connectivity index (χ3n) is 29.9. The van der Waals surface area contributed by atoms with E-state index in [1.54, 1.807) is 0 Å². The van der Waals surface area contributed by atoms with Crippen LogP contribution in [-0.2, 0) is 0 Å². The van der Waals surface area contributed by atoms with Gasteiger partial charge in [-0.05, 0) is 193 Å². The van der Waals surface area contributed by atoms with Crippen molar-refractivity contribution in [3.05, 3.63) is 535 Å². The molecule has 0 bridgehead atoms. The van der Waals surface area contributed by atoms with E-state index in [9.17, 15) is 0 Å². The van der Waals surface area contributed by atoms with Crippen molar-refractivity contribution in [2.24, 2.45) is 0 Å². The number of nitrogens with zero attached hydrogens (tertiary/aromatic N) is 12. The van der Waals surface area contributed by atoms with Crippen molar-refractivity contribution in [2.45, 2.75) is 0 Å². The molecular weight excluding hydrogens is 1830 g/mol. The molecular formula is C138H88N12. The lowest BCUT2D eigenvalue weighted by atomic mass is 9.98. The number of hydrogen-bond acceptors (Lipinski definition) is 6. The predicted octanol–water partition coefficient (Wildman–Crippen LogP) is 35.1. The molecule has 150 heavy (non-hydrogen) atoms. The van der Waals surface area contributed by atoms with Crippen LogP contribution in [-0.4, -0.2) is 57.3 Å². The SMILES string of the molecule is c1ccc(-c2ccc(-n3c4ccccc4c4cnc5c(ncc6c7ccccc7n(-c7ccc(-c8ccccc8)cc7)c65)c43)cc2)cc1.c1ccc(-c2ccc(-n3c4ccccc4c4cnc5c(ncc6c7ccccc7n(-c7cccc(-c8ccccc8)c7)c65)c43)cc2)cc1.c1ccc(-c2cccc(-n3c4ccccc4c4cnc5c(ncc6c7ccccc7n(-c7cc(-c8ccccc8)cc(-c8ccccc8)c7)c65)c43)c2)cc1. The lowest BCUT2D eigenvalue weighted by Crippen LogP contribution is -1.99. The standard InChI is InChI=1S/C50H32N4.2C44H28N4/c1-4-15-33(16-5-1)36-21-14-22-39(28-36)53-45-25-12-10-23-41(45)43-31-52-48-47(49(43)53)51-32-44-42-24-11-13-26-46(42)54(50(44)48)40-29-37(34-17-6-2-7-18-34)27-38(30-40)35-19-8-3-9-20-35;1-3-12-29(13-4-1)31-22-24-33(25-23-31)47-39-20-9-7-18-35(39)37-27-46-42-41(43(37)47)45-28-38-36-19-8-10-21-40(36)48(44(38)42)34-17-11-16-32(26-34)30-14-5-2-6-15-30;1-3-11-29(12-4-1)31-19-23-33(24-20-31)47-39-17-9-7-15-35(39)37-27-46-42-41(43(37)47)45-28-38-36-16-8-10-18-40(36)48(44(38)42)34-25-21-32(22-26-34)30-13-5-2-6-14-30/h1-32H;2*1-28H. The molecule has 0 fully saturated rings. The molecule has 0 N–H and O–H groups in total. The molecule has 19 aromatic carbocycles. The number of para-hydroxylation sites is 6. The van der Waals surface area contributed by atoms with E-state index in [1.807, 2.05) is 24.8 Å². The van der Waals surface area contributed by atoms with Crippen LogP contribution < -0.4 is 0 Å². The van der Waals surface area contributed by atoms with Gasteiger partial charge in [0.15, 0.2) is 0 Å². The monoisotopic (exact) mass is 1910 g/mol. The van der Waals surface area contributed by atoms with Gasteiger partial charge in [0.2, 0.25) is 0 Å². The Kier molecular flexibility index (Phi) is 20.7. The van der Waals surface area contributed by atoms with Crippen LogP contribution in [0.15, 0.2) is 535 Å². The molecule has 12 heterocycles. The molecule has 0 atom stereocenters. The molecule has 0 aliphatic rings. The molecule has 31 rings (SSSR count). The van der Waals surface area contributed by atoms with Gasteiger partial charge in [0.25, 0.3) is 0 Å². The number of aromatic nitrogens is 12. The minimum Gasteiger partial charge on any atom is -0.307 e. The maximum atomic E-state index is 5.31. The Bertz CT molecular complexity index is 10500. The van der Waals surface area contributed by atoms with Crippen LogP contribution in [0.5, 0.6) is 0 Å². The molecule has 0 saturated carbocycles. The van der Waals surface area contributed by atoms with Crippen molar-refractivity contribution < 1.29 is 0 Å². The van der Waals surface area contributed by atoms with Crippen LogP contribution in [0, 0.1) is 0 Å². The lowest BCUT2D eigenvalue weighted by Gasteiger charge is -2.15. The summed E-state index contributed by atoms with van der Waals surface area (Å²) in [5, 5.41) is 13.4. The van der Waals surface area contributed by atoms with Gasteiger partial charge >= 0.3 is 0 Å². The van der Waals surface area contributed by atoms with Crippen LogP contribution >= 0.6 is 0 Å². The Morgan fingerprint density at radius 2 is 0.273 bits per heavy atom. The van der Waals surface area contributed by atoms with E-state index < -0.39 is 0 Å². The Balaban J connectivity index is 0.000000106. The topological polar surface area (TPSA) is 107 Å². The number of fused-ring (bicyclic) bond motifs is 27. The molecule has 31 aromatic rings. The fraction of sp³-hybridized carbons (Fsp3) is 0. The van der Waals surface area contributed by atoms with Crippen LogP contribution in [0.4, 0.5) is 0 Å². The second-order valence-corrected chi connectivity index (χ2v) is 38.4. The molecule has 0 aliphatic carbocycles. The minimum absolute atomic E-state index is 0.867. The van der Waals surface area contributed by atoms with Crippen molar-refractivity contribution >= 4 is 164 Å². The minimum atomic E-state index is 0.867. The van der Waals surface area contributed by atoms with Crippen LogP contribution in [0.1, 0.15) is 0 Å². The van der Waals surface area contributed by atoms with E-state index in [4.69, 9.17) is 29.9 Å². The van der Waals surface area contributed by atoms with Gasteiger partial charge in [0.1, 0.15) is 33.1 Å². The average Bonchev–Trinajstić information content (AvgIpc) is 1.55. The molecule has 12 aromatic heterocycles. The Hall–Kier alpha value is -20.3. The van der Waals surface area contributed by atoms with Gasteiger partial charge in [-0.15, -0.1) is 0 Å². The van der Waals surface area contributed by atoms with Crippen LogP contribution in [0.2, 0.25) is 0 Å². The zero-order valence-corrected chi connectivity index (χ0v) is 81.2. The number of rotatable bonds is 13. The maximum Gasteiger partial charge on any atom is 0.115 e. The normalized spacial score (nSPS) is 11.7. The summed E-state index contributed by atoms with van der Waals surface area (Å²) in [6, 6.07) is 177. The summed E-state index contributed by atoms with van der Waals surface area (Å²) in [4.78, 5) is 31.4. The van der Waals surface area contributed by atoms with Gasteiger partial charge in [-0.25, -0.2) is 0 Å². The first-order chi connectivity index (χ1) is 74.5. The van der Waals surface area contributed by atoms with Gasteiger partial charge in [0, 0.05) is 136 Å². The van der Waals surface area contributed by atoms with Gasteiger partial charge in [-0.3, -0.25) is 29.9 Å². The van der Waals surface area contributed by atoms with Gasteiger partial charge in [-0.2, -0.15) is 0 Å². The summed E-state index contributed by atoms with van der Waals surface area (Å²) in [5.41, 5.74) is 41.4. The first-order valence-electron chi connectivity index (χ1n) is 50.8. The zero-order chi connectivity index (χ0) is 98.8. The predicted molar refractivity (Wildman–Crippen MR) is 623 cm³/mol. The van der Waals surface area contributed by atoms with E-state index in [0.29, 0.717) is 0 Å². The fourth-order valence-electron chi connectivity index (χ4n) is 23.1. The van der Waals surface area contributed by atoms with Gasteiger partial charge in [-0.1, -0.05) is 382 Å². The van der Waals surface area contributed by atoms with Crippen molar-refractivity contribution in [3.63, 3.8) is 0 Å². The second kappa shape index (κ2) is 35.9. The smallest absolute Gasteiger partial charge is 0.115 e. The molecule has 0 radical (unpaired) electrons. The third-order valence-corrected chi connectivity index (χ3v) is 29.9. The Labute approximate surface area is 861 Å². The molecule has 0 unspecified atom stereocenters. The van der Waals surface area contributed by atoms with E-state index >= 15 is 0 Å². The molecule has 12 nitrogen and oxygen atoms in total. The molecule has 0 saturated heterocycles. The van der Waals surface area contributed by atoms with Crippen LogP contribution in [0.25, 0.3) is 276 Å². The second-order valence-electron chi connectivity index (χ2n) is 38.4. The number of benzene rings is 19. The highest BCUT2D eigenvalue weighted by Gasteiger charge is 2.29. The molecule has 0 amide bonds. The van der Waals surface area contributed by atoms with Crippen molar-refractivity contribution in [3.8, 4) is 112 Å². The molecule has 0 aliphatic heterocycles. The van der Waals surface area contributed by atoms with E-state index in [2.05, 4.69) is 537 Å². The highest BCUT2D eigenvalue weighted by Crippen LogP contribution is 2.48. The first-order valence-corrected chi connectivity index (χ1v) is 50.8. The van der Waals surface area contributed by atoms with E-state index in [-0.39, 0.29) is 0 Å². The zero-order valence-electron chi connectivity index (χ0n) is 81.2. The van der Waals surface area contributed by atoms with Crippen LogP contribution in [0.3, 0.4) is 0 Å². The molecule has 700 valence electrons. The summed E-state index contributed by atoms with van der Waals surface area (Å²) in [7, 11) is 0. The van der Waals surface area contributed by atoms with Crippen molar-refractivity contribution in [1.29, 1.82) is 0 Å². The van der Waals surface area contributed by atoms with Crippen molar-refractivity contribution in [2.75, 3.05) is 0 Å². The average molecular weight is 1910 g/mol. The van der Waals surface area contributed by atoms with Crippen molar-refractivity contribution in [1.82, 2.24) is 57.3 Å². The highest BCUT2D eigenvalue weighted by atomic mass is 15.1. The van der Waals surface area contributed by atoms with Gasteiger partial charge in [0.05, 0.1) is 66.2 Å². The largest absolute Gasteiger partial charge is 0.307 e. The summed E-state index contributed by atoms with van der Waals surface area (Å²) in [5.74, 6) is 0. The summed E-state index contributed by atoms with van der Waals surface area (Å²) < 4.78 is 14.2. The van der Waals surface area contributed by atoms with E-state index in [1.165, 1.54) is 66.8 Å². The first kappa shape index (κ1) is 86.3. The summed E-state index contributed by atoms with van der Waals surface area (Å²) in [6.07, 6.45) is 12.3.